The van der Waals surface area contributed by atoms with Gasteiger partial charge < -0.3 is 20.4 Å². The molecule has 0 aliphatic carbocycles. The Labute approximate surface area is 209 Å². The first-order valence-electron chi connectivity index (χ1n) is 12.1. The van der Waals surface area contributed by atoms with Gasteiger partial charge in [0.1, 0.15) is 11.4 Å². The van der Waals surface area contributed by atoms with Crippen LogP contribution in [-0.2, 0) is 11.2 Å². The first-order valence-corrected chi connectivity index (χ1v) is 12.1. The van der Waals surface area contributed by atoms with E-state index in [9.17, 15) is 9.18 Å². The van der Waals surface area contributed by atoms with Gasteiger partial charge in [0, 0.05) is 32.0 Å². The normalized spacial score (nSPS) is 17.3. The number of benzene rings is 2. The first-order chi connectivity index (χ1) is 17.4. The minimum absolute atomic E-state index is 0.108. The lowest BCUT2D eigenvalue weighted by Crippen LogP contribution is -2.53. The van der Waals surface area contributed by atoms with Crippen LogP contribution >= 0.6 is 0 Å². The highest BCUT2D eigenvalue weighted by Crippen LogP contribution is 2.32. The van der Waals surface area contributed by atoms with Crippen LogP contribution in [-0.4, -0.2) is 58.4 Å². The lowest BCUT2D eigenvalue weighted by atomic mass is 10.0. The Kier molecular flexibility index (Phi) is 6.71. The average Bonchev–Trinajstić information content (AvgIpc) is 3.27. The van der Waals surface area contributed by atoms with Gasteiger partial charge in [-0.3, -0.25) is 9.69 Å². The second kappa shape index (κ2) is 10.1. The predicted molar refractivity (Wildman–Crippen MR) is 137 cm³/mol. The third-order valence-electron chi connectivity index (χ3n) is 6.87. The maximum absolute atomic E-state index is 15.0. The Morgan fingerprint density at radius 1 is 1.19 bits per heavy atom. The molecule has 0 spiro atoms. The van der Waals surface area contributed by atoms with E-state index in [4.69, 9.17) is 10.5 Å². The van der Waals surface area contributed by atoms with Crippen molar-refractivity contribution < 1.29 is 13.9 Å². The van der Waals surface area contributed by atoms with Crippen molar-refractivity contribution in [3.05, 3.63) is 89.5 Å². The number of hydrogen-bond acceptors (Lipinski definition) is 5. The Bertz CT molecular complexity index is 1370. The van der Waals surface area contributed by atoms with Crippen molar-refractivity contribution in [3.8, 4) is 11.5 Å². The number of amides is 1. The van der Waals surface area contributed by atoms with Crippen LogP contribution in [0.25, 0.3) is 11.0 Å². The fraction of sp³-hybridized carbons (Fsp3) is 0.286. The highest BCUT2D eigenvalue weighted by molar-refractivity contribution is 5.86. The van der Waals surface area contributed by atoms with E-state index in [1.807, 2.05) is 36.2 Å². The van der Waals surface area contributed by atoms with Crippen LogP contribution in [0.4, 0.5) is 4.39 Å². The molecule has 2 aromatic carbocycles. The number of nitrogens with two attached hydrogens (primary N) is 1. The number of piperazine rings is 1. The summed E-state index contributed by atoms with van der Waals surface area (Å²) in [5.41, 5.74) is 9.78. The predicted octanol–water partition coefficient (Wildman–Crippen LogP) is 4.19. The van der Waals surface area contributed by atoms with Crippen molar-refractivity contribution in [2.45, 2.75) is 25.4 Å². The number of carbonyl (C=O) groups is 1. The van der Waals surface area contributed by atoms with E-state index in [1.54, 1.807) is 24.4 Å². The highest BCUT2D eigenvalue weighted by Gasteiger charge is 2.30. The van der Waals surface area contributed by atoms with Crippen molar-refractivity contribution in [2.24, 2.45) is 5.73 Å². The zero-order valence-electron chi connectivity index (χ0n) is 20.4. The second-order valence-corrected chi connectivity index (χ2v) is 9.37. The van der Waals surface area contributed by atoms with Crippen LogP contribution in [0.1, 0.15) is 22.7 Å². The molecule has 5 rings (SSSR count). The summed E-state index contributed by atoms with van der Waals surface area (Å²) in [6, 6.07) is 16.0. The minimum atomic E-state index is -0.752. The molecular weight excluding hydrogens is 457 g/mol. The standard InChI is InChI=1S/C28H30FN5O2/c1-18-16-32-27-26(18)25(10-11-31-27)36-24-9-8-19(14-21(24)29)15-22(30)28(35)34-13-12-33(2)23(17-34)20-6-4-3-5-7-20/h3-11,14,16,22-23H,12-13,15,17,30H2,1-2H3,(H,31,32). The van der Waals surface area contributed by atoms with Gasteiger partial charge in [-0.25, -0.2) is 9.37 Å². The quantitative estimate of drug-likeness (QED) is 0.426. The number of aromatic nitrogens is 2. The lowest BCUT2D eigenvalue weighted by molar-refractivity contribution is -0.135. The topological polar surface area (TPSA) is 87.5 Å². The Morgan fingerprint density at radius 3 is 2.78 bits per heavy atom. The fourth-order valence-corrected chi connectivity index (χ4v) is 4.83. The summed E-state index contributed by atoms with van der Waals surface area (Å²) in [5, 5.41) is 0.814. The molecule has 2 atom stereocenters. The third kappa shape index (κ3) is 4.82. The van der Waals surface area contributed by atoms with Gasteiger partial charge in [0.15, 0.2) is 11.6 Å². The Balaban J connectivity index is 1.26. The molecule has 0 saturated carbocycles. The van der Waals surface area contributed by atoms with Crippen LogP contribution in [0, 0.1) is 12.7 Å². The maximum atomic E-state index is 15.0. The van der Waals surface area contributed by atoms with Crippen molar-refractivity contribution in [1.82, 2.24) is 19.8 Å². The number of pyridine rings is 1. The number of ether oxygens (including phenoxy) is 1. The van der Waals surface area contributed by atoms with Crippen LogP contribution < -0.4 is 10.5 Å². The number of fused-ring (bicyclic) bond motifs is 1. The molecule has 8 heteroatoms. The molecule has 3 heterocycles. The molecule has 1 aliphatic rings. The molecular formula is C28H30FN5O2. The minimum Gasteiger partial charge on any atom is -0.453 e. The summed E-state index contributed by atoms with van der Waals surface area (Å²) in [4.78, 5) is 24.6. The van der Waals surface area contributed by atoms with Crippen LogP contribution in [0.15, 0.2) is 67.0 Å². The summed E-state index contributed by atoms with van der Waals surface area (Å²) in [7, 11) is 2.07. The van der Waals surface area contributed by atoms with E-state index in [0.717, 1.165) is 17.5 Å². The summed E-state index contributed by atoms with van der Waals surface area (Å²) in [6.07, 6.45) is 3.70. The van der Waals surface area contributed by atoms with E-state index < -0.39 is 11.9 Å². The van der Waals surface area contributed by atoms with Crippen LogP contribution in [0.3, 0.4) is 0 Å². The number of nitrogens with one attached hydrogen (secondary N) is 1. The number of halogens is 1. The van der Waals surface area contributed by atoms with Gasteiger partial charge >= 0.3 is 0 Å². The molecule has 0 bridgehead atoms. The number of carbonyl (C=O) groups excluding carboxylic acids is 1. The van der Waals surface area contributed by atoms with Gasteiger partial charge in [-0.15, -0.1) is 0 Å². The van der Waals surface area contributed by atoms with E-state index in [-0.39, 0.29) is 24.1 Å². The van der Waals surface area contributed by atoms with E-state index in [1.165, 1.54) is 11.6 Å². The molecule has 2 unspecified atom stereocenters. The maximum Gasteiger partial charge on any atom is 0.239 e. The monoisotopic (exact) mass is 487 g/mol. The molecule has 3 N–H and O–H groups in total. The Hall–Kier alpha value is -3.75. The third-order valence-corrected chi connectivity index (χ3v) is 6.87. The SMILES string of the molecule is Cc1c[nH]c2nccc(Oc3ccc(CC(N)C(=O)N4CCN(C)C(c5ccccc5)C4)cc3F)c12. The van der Waals surface area contributed by atoms with Crippen molar-refractivity contribution in [3.63, 3.8) is 0 Å². The van der Waals surface area contributed by atoms with Crippen molar-refractivity contribution in [1.29, 1.82) is 0 Å². The molecule has 7 nitrogen and oxygen atoms in total. The van der Waals surface area contributed by atoms with E-state index in [0.29, 0.717) is 30.0 Å². The van der Waals surface area contributed by atoms with E-state index >= 15 is 0 Å². The molecule has 1 aliphatic heterocycles. The first kappa shape index (κ1) is 24.0. The van der Waals surface area contributed by atoms with Crippen molar-refractivity contribution >= 4 is 16.9 Å². The largest absolute Gasteiger partial charge is 0.453 e. The summed E-state index contributed by atoms with van der Waals surface area (Å²) in [6.45, 7) is 3.90. The molecule has 1 amide bonds. The number of rotatable bonds is 6. The second-order valence-electron chi connectivity index (χ2n) is 9.37. The number of aryl methyl sites for hydroxylation is 1. The molecule has 186 valence electrons. The molecule has 4 aromatic rings. The van der Waals surface area contributed by atoms with Gasteiger partial charge in [-0.2, -0.15) is 0 Å². The Morgan fingerprint density at radius 2 is 2.00 bits per heavy atom. The number of likely N-dealkylation sites (N-methyl/N-ethyl adjacent to an activating group) is 1. The smallest absolute Gasteiger partial charge is 0.239 e. The summed E-state index contributed by atoms with van der Waals surface area (Å²) in [5.74, 6) is 0.0118. The van der Waals surface area contributed by atoms with Gasteiger partial charge in [0.2, 0.25) is 5.91 Å². The number of hydrogen-bond donors (Lipinski definition) is 2. The van der Waals surface area contributed by atoms with Gasteiger partial charge in [0.25, 0.3) is 0 Å². The summed E-state index contributed by atoms with van der Waals surface area (Å²) >= 11 is 0. The summed E-state index contributed by atoms with van der Waals surface area (Å²) < 4.78 is 20.8. The van der Waals surface area contributed by atoms with E-state index in [2.05, 4.69) is 34.0 Å². The highest BCUT2D eigenvalue weighted by atomic mass is 19.1. The molecule has 2 aromatic heterocycles. The zero-order valence-corrected chi connectivity index (χ0v) is 20.4. The molecule has 0 radical (unpaired) electrons. The number of nitrogens with zero attached hydrogens (tertiary/aromatic N) is 3. The van der Waals surface area contributed by atoms with Gasteiger partial charge in [-0.05, 0) is 55.3 Å². The van der Waals surface area contributed by atoms with Gasteiger partial charge in [-0.1, -0.05) is 36.4 Å². The van der Waals surface area contributed by atoms with Crippen molar-refractivity contribution in [2.75, 3.05) is 26.7 Å². The molecule has 1 saturated heterocycles. The number of H-pyrrole nitrogens is 1. The lowest BCUT2D eigenvalue weighted by Gasteiger charge is -2.40. The zero-order chi connectivity index (χ0) is 25.2. The molecule has 36 heavy (non-hydrogen) atoms. The average molecular weight is 488 g/mol. The van der Waals surface area contributed by atoms with Crippen LogP contribution in [0.2, 0.25) is 0 Å². The van der Waals surface area contributed by atoms with Crippen LogP contribution in [0.5, 0.6) is 11.5 Å². The molecule has 1 fully saturated rings. The fourth-order valence-electron chi connectivity index (χ4n) is 4.83. The number of aromatic amines is 1. The van der Waals surface area contributed by atoms with Gasteiger partial charge in [0.05, 0.1) is 17.5 Å².